The van der Waals surface area contributed by atoms with E-state index < -0.39 is 0 Å². The van der Waals surface area contributed by atoms with E-state index in [9.17, 15) is 9.59 Å². The van der Waals surface area contributed by atoms with Crippen molar-refractivity contribution in [3.8, 4) is 0 Å². The average Bonchev–Trinajstić information content (AvgIpc) is 2.63. The summed E-state index contributed by atoms with van der Waals surface area (Å²) in [5, 5.41) is 6.15. The Labute approximate surface area is 151 Å². The number of nitrogens with zero attached hydrogens (tertiary/aromatic N) is 1. The summed E-state index contributed by atoms with van der Waals surface area (Å²) in [6, 6.07) is 15.4. The third-order valence-corrected chi connectivity index (χ3v) is 4.95. The number of carbonyl (C=O) groups excluding carboxylic acids is 2. The molecule has 0 aromatic heterocycles. The van der Waals surface area contributed by atoms with Crippen LogP contribution in [0.3, 0.4) is 0 Å². The van der Waals surface area contributed by atoms with E-state index in [1.165, 1.54) is 11.8 Å². The predicted molar refractivity (Wildman–Crippen MR) is 102 cm³/mol. The smallest absolute Gasteiger partial charge is 0.244 e. The first-order chi connectivity index (χ1) is 12.2. The number of hydrogen-bond donors (Lipinski definition) is 2. The zero-order valence-corrected chi connectivity index (χ0v) is 14.9. The third kappa shape index (κ3) is 4.41. The van der Waals surface area contributed by atoms with Crippen LogP contribution in [0.15, 0.2) is 53.4 Å². The number of thioether (sulfide) groups is 1. The van der Waals surface area contributed by atoms with E-state index in [-0.39, 0.29) is 18.4 Å². The molecule has 2 N–H and O–H groups in total. The van der Waals surface area contributed by atoms with Crippen molar-refractivity contribution < 1.29 is 9.59 Å². The number of rotatable bonds is 6. The van der Waals surface area contributed by atoms with Crippen molar-refractivity contribution in [1.82, 2.24) is 5.32 Å². The van der Waals surface area contributed by atoms with Gasteiger partial charge in [0.25, 0.3) is 0 Å². The molecule has 0 saturated carbocycles. The second-order valence-electron chi connectivity index (χ2n) is 5.77. The van der Waals surface area contributed by atoms with E-state index in [1.807, 2.05) is 48.5 Å². The molecule has 0 bridgehead atoms. The highest BCUT2D eigenvalue weighted by Gasteiger charge is 2.26. The second-order valence-corrected chi connectivity index (χ2v) is 6.78. The number of nitrogens with one attached hydrogen (secondary N) is 2. The summed E-state index contributed by atoms with van der Waals surface area (Å²) in [6.45, 7) is 3.73. The highest BCUT2D eigenvalue weighted by atomic mass is 32.2. The van der Waals surface area contributed by atoms with Crippen molar-refractivity contribution in [2.24, 2.45) is 0 Å². The Kier molecular flexibility index (Phi) is 5.73. The molecule has 2 aromatic carbocycles. The van der Waals surface area contributed by atoms with Crippen LogP contribution in [0.25, 0.3) is 0 Å². The van der Waals surface area contributed by atoms with Gasteiger partial charge < -0.3 is 15.5 Å². The lowest BCUT2D eigenvalue weighted by molar-refractivity contribution is -0.120. The number of anilines is 2. The first kappa shape index (κ1) is 17.5. The lowest BCUT2D eigenvalue weighted by atomic mass is 10.2. The van der Waals surface area contributed by atoms with Crippen LogP contribution in [0.2, 0.25) is 0 Å². The highest BCUT2D eigenvalue weighted by Crippen LogP contribution is 2.34. The standard InChI is InChI=1S/C19H21N3O2S/c1-2-20-11-14-6-5-7-15(10-14)21-18(23)12-22-16-8-3-4-9-17(16)25-13-19(22)24/h3-10,20H,2,11-13H2,1H3,(H,21,23). The summed E-state index contributed by atoms with van der Waals surface area (Å²) < 4.78 is 0. The fourth-order valence-electron chi connectivity index (χ4n) is 2.70. The lowest BCUT2D eigenvalue weighted by Crippen LogP contribution is -2.41. The van der Waals surface area contributed by atoms with E-state index in [2.05, 4.69) is 17.6 Å². The zero-order valence-electron chi connectivity index (χ0n) is 14.1. The Hall–Kier alpha value is -2.31. The van der Waals surface area contributed by atoms with Crippen molar-refractivity contribution >= 4 is 35.0 Å². The normalized spacial score (nSPS) is 13.5. The molecule has 0 spiro atoms. The van der Waals surface area contributed by atoms with Crippen molar-refractivity contribution in [3.05, 3.63) is 54.1 Å². The molecule has 6 heteroatoms. The molecule has 0 saturated heterocycles. The van der Waals surface area contributed by atoms with Crippen molar-refractivity contribution in [2.45, 2.75) is 18.4 Å². The van der Waals surface area contributed by atoms with Crippen LogP contribution in [0.5, 0.6) is 0 Å². The van der Waals surface area contributed by atoms with Crippen LogP contribution in [0.4, 0.5) is 11.4 Å². The minimum Gasteiger partial charge on any atom is -0.325 e. The van der Waals surface area contributed by atoms with Gasteiger partial charge in [0.2, 0.25) is 11.8 Å². The fourth-order valence-corrected chi connectivity index (χ4v) is 3.64. The Balaban J connectivity index is 1.68. The number of para-hydroxylation sites is 1. The van der Waals surface area contributed by atoms with Gasteiger partial charge in [-0.25, -0.2) is 0 Å². The molecule has 0 fully saturated rings. The maximum Gasteiger partial charge on any atom is 0.244 e. The Morgan fingerprint density at radius 3 is 2.88 bits per heavy atom. The van der Waals surface area contributed by atoms with Crippen LogP contribution in [-0.2, 0) is 16.1 Å². The minimum atomic E-state index is -0.198. The Bertz CT molecular complexity index is 779. The van der Waals surface area contributed by atoms with Gasteiger partial charge >= 0.3 is 0 Å². The van der Waals surface area contributed by atoms with E-state index in [0.717, 1.165) is 34.9 Å². The van der Waals surface area contributed by atoms with E-state index in [0.29, 0.717) is 5.75 Å². The predicted octanol–water partition coefficient (Wildman–Crippen LogP) is 2.87. The largest absolute Gasteiger partial charge is 0.325 e. The van der Waals surface area contributed by atoms with Gasteiger partial charge in [-0.15, -0.1) is 11.8 Å². The SMILES string of the molecule is CCNCc1cccc(NC(=O)CN2C(=O)CSc3ccccc32)c1. The summed E-state index contributed by atoms with van der Waals surface area (Å²) in [6.07, 6.45) is 0. The Morgan fingerprint density at radius 1 is 1.20 bits per heavy atom. The Morgan fingerprint density at radius 2 is 2.04 bits per heavy atom. The molecule has 0 aliphatic carbocycles. The summed E-state index contributed by atoms with van der Waals surface area (Å²) in [5.74, 6) is 0.123. The molecule has 5 nitrogen and oxygen atoms in total. The van der Waals surface area contributed by atoms with Gasteiger partial charge in [-0.3, -0.25) is 9.59 Å². The third-order valence-electron chi connectivity index (χ3n) is 3.90. The molecule has 0 radical (unpaired) electrons. The monoisotopic (exact) mass is 355 g/mol. The van der Waals surface area contributed by atoms with Gasteiger partial charge in [-0.1, -0.05) is 31.2 Å². The van der Waals surface area contributed by atoms with Gasteiger partial charge in [0, 0.05) is 17.1 Å². The molecule has 0 unspecified atom stereocenters. The van der Waals surface area contributed by atoms with Gasteiger partial charge in [-0.05, 0) is 36.4 Å². The van der Waals surface area contributed by atoms with Gasteiger partial charge in [0.05, 0.1) is 11.4 Å². The number of carbonyl (C=O) groups is 2. The second kappa shape index (κ2) is 8.18. The highest BCUT2D eigenvalue weighted by molar-refractivity contribution is 8.00. The van der Waals surface area contributed by atoms with Gasteiger partial charge in [0.1, 0.15) is 6.54 Å². The average molecular weight is 355 g/mol. The molecule has 25 heavy (non-hydrogen) atoms. The number of fused-ring (bicyclic) bond motifs is 1. The molecular formula is C19H21N3O2S. The van der Waals surface area contributed by atoms with E-state index in [4.69, 9.17) is 0 Å². The van der Waals surface area contributed by atoms with Crippen molar-refractivity contribution in [1.29, 1.82) is 0 Å². The van der Waals surface area contributed by atoms with Crippen LogP contribution >= 0.6 is 11.8 Å². The summed E-state index contributed by atoms with van der Waals surface area (Å²) in [5.41, 5.74) is 2.66. The van der Waals surface area contributed by atoms with E-state index in [1.54, 1.807) is 4.90 Å². The summed E-state index contributed by atoms with van der Waals surface area (Å²) in [4.78, 5) is 27.3. The first-order valence-corrected chi connectivity index (χ1v) is 9.27. The molecule has 2 aromatic rings. The van der Waals surface area contributed by atoms with E-state index >= 15 is 0 Å². The van der Waals surface area contributed by atoms with Crippen LogP contribution in [-0.4, -0.2) is 30.7 Å². The number of amides is 2. The van der Waals surface area contributed by atoms with Crippen LogP contribution in [0, 0.1) is 0 Å². The van der Waals surface area contributed by atoms with Crippen LogP contribution in [0.1, 0.15) is 12.5 Å². The molecule has 2 amide bonds. The zero-order chi connectivity index (χ0) is 17.6. The molecule has 1 aliphatic rings. The number of hydrogen-bond acceptors (Lipinski definition) is 4. The molecule has 130 valence electrons. The first-order valence-electron chi connectivity index (χ1n) is 8.29. The van der Waals surface area contributed by atoms with Gasteiger partial charge in [0.15, 0.2) is 0 Å². The molecule has 1 heterocycles. The van der Waals surface area contributed by atoms with Crippen molar-refractivity contribution in [2.75, 3.05) is 29.1 Å². The quantitative estimate of drug-likeness (QED) is 0.836. The van der Waals surface area contributed by atoms with Crippen LogP contribution < -0.4 is 15.5 Å². The lowest BCUT2D eigenvalue weighted by Gasteiger charge is -2.28. The number of benzene rings is 2. The summed E-state index contributed by atoms with van der Waals surface area (Å²) >= 11 is 1.51. The molecule has 1 aliphatic heterocycles. The van der Waals surface area contributed by atoms with Crippen molar-refractivity contribution in [3.63, 3.8) is 0 Å². The molecule has 3 rings (SSSR count). The topological polar surface area (TPSA) is 61.4 Å². The maximum atomic E-state index is 12.4. The molecular weight excluding hydrogens is 334 g/mol. The molecule has 0 atom stereocenters. The minimum absolute atomic E-state index is 0.0217. The fraction of sp³-hybridized carbons (Fsp3) is 0.263. The maximum absolute atomic E-state index is 12.4. The van der Waals surface area contributed by atoms with Gasteiger partial charge in [-0.2, -0.15) is 0 Å². The summed E-state index contributed by atoms with van der Waals surface area (Å²) in [7, 11) is 0.